The number of hydrogen-bond acceptors (Lipinski definition) is 6. The lowest BCUT2D eigenvalue weighted by molar-refractivity contribution is 0.0899. The summed E-state index contributed by atoms with van der Waals surface area (Å²) in [6.45, 7) is 7.59. The lowest BCUT2D eigenvalue weighted by atomic mass is 9.96. The van der Waals surface area contributed by atoms with E-state index >= 15 is 0 Å². The second-order valence-corrected chi connectivity index (χ2v) is 10.8. The Morgan fingerprint density at radius 1 is 0.703 bits per heavy atom. The van der Waals surface area contributed by atoms with E-state index in [-0.39, 0.29) is 18.0 Å². The van der Waals surface area contributed by atoms with Gasteiger partial charge in [-0.1, -0.05) is 102 Å². The third-order valence-corrected chi connectivity index (χ3v) is 8.33. The largest absolute Gasteiger partial charge is 0.492 e. The van der Waals surface area contributed by atoms with Crippen LogP contribution in [-0.4, -0.2) is 55.7 Å². The minimum Gasteiger partial charge on any atom is -0.492 e. The molecular weight excluding hydrogens is 478 g/mol. The molecule has 0 spiro atoms. The Kier molecular flexibility index (Phi) is 6.50. The molecule has 7 heteroatoms. The molecule has 6 rings (SSSR count). The van der Waals surface area contributed by atoms with Crippen LogP contribution < -0.4 is 0 Å². The van der Waals surface area contributed by atoms with Crippen LogP contribution in [-0.2, 0) is 0 Å². The molecule has 0 radical (unpaired) electrons. The molecule has 1 N–H and O–H groups in total. The van der Waals surface area contributed by atoms with Crippen LogP contribution in [0.5, 0.6) is 5.88 Å². The van der Waals surface area contributed by atoms with Gasteiger partial charge in [0, 0.05) is 26.2 Å². The number of hydrogen-bond donors (Lipinski definition) is 1. The Morgan fingerprint density at radius 3 is 1.76 bits per heavy atom. The molecule has 1 aliphatic heterocycles. The molecule has 0 bridgehead atoms. The maximum absolute atomic E-state index is 11.2. The quantitative estimate of drug-likeness (QED) is 0.322. The lowest BCUT2D eigenvalue weighted by Gasteiger charge is -2.42. The summed E-state index contributed by atoms with van der Waals surface area (Å²) in [5.74, 6) is 0.863. The van der Waals surface area contributed by atoms with Gasteiger partial charge in [-0.2, -0.15) is 4.52 Å². The fourth-order valence-corrected chi connectivity index (χ4v) is 6.60. The van der Waals surface area contributed by atoms with E-state index in [0.29, 0.717) is 5.82 Å². The Labute approximate surface area is 221 Å². The van der Waals surface area contributed by atoms with Crippen molar-refractivity contribution in [3.63, 3.8) is 0 Å². The number of nitrogens with zero attached hydrogens (tertiary/aromatic N) is 5. The zero-order chi connectivity index (χ0) is 25.4. The van der Waals surface area contributed by atoms with Crippen molar-refractivity contribution in [2.24, 2.45) is 0 Å². The molecule has 2 aromatic heterocycles. The Bertz CT molecular complexity index is 1430. The normalized spacial score (nSPS) is 16.0. The SMILES string of the molecule is Cc1ccc([C@H](c2sc3nc(C)nn3c2O)N2CCN(C(c3ccccc3)c3ccccc3)CC2)cc1. The van der Waals surface area contributed by atoms with E-state index in [1.54, 1.807) is 4.52 Å². The highest BCUT2D eigenvalue weighted by Gasteiger charge is 2.33. The average molecular weight is 510 g/mol. The number of aryl methyl sites for hydroxylation is 2. The zero-order valence-electron chi connectivity index (χ0n) is 21.2. The van der Waals surface area contributed by atoms with Gasteiger partial charge in [0.15, 0.2) is 0 Å². The molecule has 37 heavy (non-hydrogen) atoms. The van der Waals surface area contributed by atoms with Crippen molar-refractivity contribution in [3.05, 3.63) is 118 Å². The monoisotopic (exact) mass is 509 g/mol. The Hall–Kier alpha value is -3.52. The molecule has 3 heterocycles. The van der Waals surface area contributed by atoms with Crippen LogP contribution in [0.2, 0.25) is 0 Å². The third-order valence-electron chi connectivity index (χ3n) is 7.26. The first kappa shape index (κ1) is 23.9. The smallest absolute Gasteiger partial charge is 0.230 e. The minimum atomic E-state index is -0.0524. The van der Waals surface area contributed by atoms with Crippen LogP contribution in [0.25, 0.3) is 4.96 Å². The summed E-state index contributed by atoms with van der Waals surface area (Å²) in [5.41, 5.74) is 5.04. The van der Waals surface area contributed by atoms with Gasteiger partial charge < -0.3 is 5.11 Å². The van der Waals surface area contributed by atoms with E-state index < -0.39 is 0 Å². The first-order valence-electron chi connectivity index (χ1n) is 12.8. The highest BCUT2D eigenvalue weighted by atomic mass is 32.1. The van der Waals surface area contributed by atoms with E-state index in [4.69, 9.17) is 0 Å². The van der Waals surface area contributed by atoms with Crippen LogP contribution >= 0.6 is 11.3 Å². The van der Waals surface area contributed by atoms with Crippen molar-refractivity contribution in [1.82, 2.24) is 24.4 Å². The van der Waals surface area contributed by atoms with Gasteiger partial charge in [-0.25, -0.2) is 4.98 Å². The summed E-state index contributed by atoms with van der Waals surface area (Å²) in [7, 11) is 0. The molecular formula is C30H31N5OS. The van der Waals surface area contributed by atoms with Crippen LogP contribution in [0.3, 0.4) is 0 Å². The van der Waals surface area contributed by atoms with Crippen molar-refractivity contribution in [1.29, 1.82) is 0 Å². The number of thiazole rings is 1. The first-order chi connectivity index (χ1) is 18.1. The predicted molar refractivity (Wildman–Crippen MR) is 148 cm³/mol. The molecule has 0 unspecified atom stereocenters. The van der Waals surface area contributed by atoms with Crippen LogP contribution in [0, 0.1) is 13.8 Å². The average Bonchev–Trinajstić information content (AvgIpc) is 3.44. The highest BCUT2D eigenvalue weighted by molar-refractivity contribution is 7.17. The van der Waals surface area contributed by atoms with Gasteiger partial charge in [0.05, 0.1) is 17.0 Å². The topological polar surface area (TPSA) is 56.9 Å². The van der Waals surface area contributed by atoms with Gasteiger partial charge in [0.1, 0.15) is 5.82 Å². The molecule has 0 aliphatic carbocycles. The number of fused-ring (bicyclic) bond motifs is 1. The summed E-state index contributed by atoms with van der Waals surface area (Å²) in [5, 5.41) is 15.6. The molecule has 1 fully saturated rings. The predicted octanol–water partition coefficient (Wildman–Crippen LogP) is 5.61. The number of aromatic hydroxyl groups is 1. The summed E-state index contributed by atoms with van der Waals surface area (Å²) >= 11 is 1.53. The maximum atomic E-state index is 11.2. The van der Waals surface area contributed by atoms with Gasteiger partial charge in [0.25, 0.3) is 0 Å². The van der Waals surface area contributed by atoms with Crippen LogP contribution in [0.1, 0.15) is 45.0 Å². The Balaban J connectivity index is 1.32. The molecule has 188 valence electrons. The fraction of sp³-hybridized carbons (Fsp3) is 0.267. The van der Waals surface area contributed by atoms with Crippen LogP contribution in [0.15, 0.2) is 84.9 Å². The maximum Gasteiger partial charge on any atom is 0.230 e. The molecule has 0 saturated carbocycles. The molecule has 0 amide bonds. The number of rotatable bonds is 6. The van der Waals surface area contributed by atoms with Crippen molar-refractivity contribution in [2.45, 2.75) is 25.9 Å². The molecule has 3 aromatic carbocycles. The van der Waals surface area contributed by atoms with E-state index in [1.807, 2.05) is 6.92 Å². The number of benzene rings is 3. The van der Waals surface area contributed by atoms with E-state index in [9.17, 15) is 5.11 Å². The van der Waals surface area contributed by atoms with Crippen molar-refractivity contribution < 1.29 is 5.11 Å². The van der Waals surface area contributed by atoms with Gasteiger partial charge in [-0.05, 0) is 30.5 Å². The third kappa shape index (κ3) is 4.66. The second kappa shape index (κ2) is 10.1. The van der Waals surface area contributed by atoms with Gasteiger partial charge in [-0.3, -0.25) is 9.80 Å². The standard InChI is InChI=1S/C30H31N5OS/c1-21-13-15-25(16-14-21)27(28-29(36)35-30(37-28)31-22(2)32-35)34-19-17-33(18-20-34)26(23-9-5-3-6-10-23)24-11-7-4-8-12-24/h3-16,26-27,36H,17-20H2,1-2H3/t27-/m1/s1. The summed E-state index contributed by atoms with van der Waals surface area (Å²) < 4.78 is 1.58. The molecule has 1 saturated heterocycles. The molecule has 1 aliphatic rings. The molecule has 5 aromatic rings. The zero-order valence-corrected chi connectivity index (χ0v) is 22.0. The molecule has 6 nitrogen and oxygen atoms in total. The van der Waals surface area contributed by atoms with Crippen molar-refractivity contribution in [2.75, 3.05) is 26.2 Å². The highest BCUT2D eigenvalue weighted by Crippen LogP contribution is 2.41. The van der Waals surface area contributed by atoms with Crippen LogP contribution in [0.4, 0.5) is 0 Å². The van der Waals surface area contributed by atoms with Gasteiger partial charge in [0.2, 0.25) is 10.8 Å². The van der Waals surface area contributed by atoms with Crippen molar-refractivity contribution in [3.8, 4) is 5.88 Å². The summed E-state index contributed by atoms with van der Waals surface area (Å²) in [4.78, 5) is 11.2. The van der Waals surface area contributed by atoms with E-state index in [2.05, 4.69) is 112 Å². The second-order valence-electron chi connectivity index (χ2n) is 9.75. The number of aromatic nitrogens is 3. The summed E-state index contributed by atoms with van der Waals surface area (Å²) in [6.07, 6.45) is 0. The van der Waals surface area contributed by atoms with E-state index in [0.717, 1.165) is 36.0 Å². The van der Waals surface area contributed by atoms with E-state index in [1.165, 1.54) is 33.6 Å². The van der Waals surface area contributed by atoms with Crippen molar-refractivity contribution >= 4 is 16.3 Å². The molecule has 1 atom stereocenters. The lowest BCUT2D eigenvalue weighted by Crippen LogP contribution is -2.49. The van der Waals surface area contributed by atoms with Gasteiger partial charge in [-0.15, -0.1) is 5.10 Å². The van der Waals surface area contributed by atoms with Gasteiger partial charge >= 0.3 is 0 Å². The Morgan fingerprint density at radius 2 is 1.22 bits per heavy atom. The minimum absolute atomic E-state index is 0.0524. The summed E-state index contributed by atoms with van der Waals surface area (Å²) in [6, 6.07) is 30.4. The first-order valence-corrected chi connectivity index (χ1v) is 13.6. The number of piperazine rings is 1. The fourth-order valence-electron chi connectivity index (χ4n) is 5.44.